The first-order chi connectivity index (χ1) is 16.1. The van der Waals surface area contributed by atoms with E-state index >= 15 is 0 Å². The van der Waals surface area contributed by atoms with Crippen LogP contribution in [0.4, 0.5) is 32.0 Å². The first-order valence-electron chi connectivity index (χ1n) is 10.3. The maximum Gasteiger partial charge on any atom is 0.423 e. The summed E-state index contributed by atoms with van der Waals surface area (Å²) in [4.78, 5) is 11.8. The molecule has 35 heavy (non-hydrogen) atoms. The maximum absolute atomic E-state index is 13.8. The van der Waals surface area contributed by atoms with E-state index in [0.717, 1.165) is 37.1 Å². The van der Waals surface area contributed by atoms with Crippen LogP contribution >= 0.6 is 34.8 Å². The highest BCUT2D eigenvalue weighted by molar-refractivity contribution is 6.48. The number of hydrogen-bond donors (Lipinski definition) is 3. The molecule has 0 radical (unpaired) electrons. The summed E-state index contributed by atoms with van der Waals surface area (Å²) in [6.07, 6.45) is -8.05. The van der Waals surface area contributed by atoms with Crippen LogP contribution < -0.4 is 10.6 Å². The van der Waals surface area contributed by atoms with Crippen LogP contribution in [0.1, 0.15) is 36.0 Å². The fourth-order valence-electron chi connectivity index (χ4n) is 3.34. The van der Waals surface area contributed by atoms with Crippen molar-refractivity contribution in [3.63, 3.8) is 0 Å². The fourth-order valence-corrected chi connectivity index (χ4v) is 3.94. The van der Waals surface area contributed by atoms with Crippen molar-refractivity contribution in [3.8, 4) is 0 Å². The molecule has 1 aliphatic carbocycles. The summed E-state index contributed by atoms with van der Waals surface area (Å²) in [6.45, 7) is -1.64. The van der Waals surface area contributed by atoms with Gasteiger partial charge in [-0.15, -0.1) is 0 Å². The maximum atomic E-state index is 13.8. The average molecular weight is 564 g/mol. The molecule has 1 atom stereocenters. The van der Waals surface area contributed by atoms with Crippen LogP contribution in [0.15, 0.2) is 30.3 Å². The van der Waals surface area contributed by atoms with Gasteiger partial charge in [0.05, 0.1) is 27.2 Å². The SMILES string of the molecule is O=C(CC1CC1)NCc1ccc(NC[C@@](O)(c2cc(Cl)c(Cl)c(Cl)c2)C(F)(F)F)cc1C(F)(F)F. The summed E-state index contributed by atoms with van der Waals surface area (Å²) in [5, 5.41) is 14.2. The molecule has 1 aliphatic rings. The third-order valence-corrected chi connectivity index (χ3v) is 6.74. The molecular weight excluding hydrogens is 545 g/mol. The molecule has 3 rings (SSSR count). The van der Waals surface area contributed by atoms with Crippen molar-refractivity contribution in [2.24, 2.45) is 5.92 Å². The molecule has 0 aromatic heterocycles. The van der Waals surface area contributed by atoms with Gasteiger partial charge in [0.1, 0.15) is 0 Å². The molecule has 13 heteroatoms. The van der Waals surface area contributed by atoms with Gasteiger partial charge in [-0.3, -0.25) is 4.79 Å². The van der Waals surface area contributed by atoms with Crippen LogP contribution in [-0.4, -0.2) is 23.7 Å². The van der Waals surface area contributed by atoms with E-state index in [1.807, 2.05) is 0 Å². The van der Waals surface area contributed by atoms with Gasteiger partial charge in [0.15, 0.2) is 0 Å². The molecule has 0 aliphatic heterocycles. The Balaban J connectivity index is 1.84. The third-order valence-electron chi connectivity index (χ3n) is 5.54. The van der Waals surface area contributed by atoms with Gasteiger partial charge in [-0.2, -0.15) is 26.3 Å². The zero-order chi connectivity index (χ0) is 26.2. The molecule has 0 spiro atoms. The summed E-state index contributed by atoms with van der Waals surface area (Å²) in [7, 11) is 0. The number of aliphatic hydroxyl groups is 1. The first-order valence-corrected chi connectivity index (χ1v) is 11.4. The van der Waals surface area contributed by atoms with Crippen LogP contribution in [-0.2, 0) is 23.1 Å². The van der Waals surface area contributed by atoms with Crippen molar-refractivity contribution < 1.29 is 36.2 Å². The van der Waals surface area contributed by atoms with Gasteiger partial charge in [-0.25, -0.2) is 0 Å². The van der Waals surface area contributed by atoms with Crippen molar-refractivity contribution in [2.45, 2.75) is 43.8 Å². The highest BCUT2D eigenvalue weighted by Crippen LogP contribution is 2.43. The topological polar surface area (TPSA) is 61.4 Å². The largest absolute Gasteiger partial charge is 0.423 e. The Kier molecular flexibility index (Phi) is 8.10. The fraction of sp³-hybridized carbons (Fsp3) is 0.409. The molecule has 1 amide bonds. The Hall–Kier alpha value is -1.88. The quantitative estimate of drug-likeness (QED) is 0.241. The minimum Gasteiger partial charge on any atom is -0.381 e. The van der Waals surface area contributed by atoms with Crippen LogP contribution in [0, 0.1) is 5.92 Å². The first kappa shape index (κ1) is 27.7. The Bertz CT molecular complexity index is 1080. The number of rotatable bonds is 8. The van der Waals surface area contributed by atoms with E-state index in [1.54, 1.807) is 0 Å². The number of carbonyl (C=O) groups excluding carboxylic acids is 1. The molecule has 0 unspecified atom stereocenters. The lowest BCUT2D eigenvalue weighted by Gasteiger charge is -2.32. The zero-order valence-corrected chi connectivity index (χ0v) is 20.0. The number of carbonyl (C=O) groups is 1. The number of hydrogen-bond acceptors (Lipinski definition) is 3. The zero-order valence-electron chi connectivity index (χ0n) is 17.8. The van der Waals surface area contributed by atoms with Crippen molar-refractivity contribution in [3.05, 3.63) is 62.1 Å². The molecule has 0 bridgehead atoms. The number of benzene rings is 2. The number of amides is 1. The Morgan fingerprint density at radius 3 is 2.11 bits per heavy atom. The van der Waals surface area contributed by atoms with Gasteiger partial charge < -0.3 is 15.7 Å². The molecule has 1 fully saturated rings. The van der Waals surface area contributed by atoms with Gasteiger partial charge in [-0.05, 0) is 54.2 Å². The highest BCUT2D eigenvalue weighted by Gasteiger charge is 2.55. The molecule has 1 saturated carbocycles. The molecule has 192 valence electrons. The Morgan fingerprint density at radius 2 is 1.60 bits per heavy atom. The summed E-state index contributed by atoms with van der Waals surface area (Å²) >= 11 is 17.3. The molecular formula is C22H19Cl3F6N2O2. The number of halogens is 9. The van der Waals surface area contributed by atoms with Crippen LogP contribution in [0.5, 0.6) is 0 Å². The van der Waals surface area contributed by atoms with Crippen molar-refractivity contribution in [2.75, 3.05) is 11.9 Å². The van der Waals surface area contributed by atoms with Crippen molar-refractivity contribution in [1.82, 2.24) is 5.32 Å². The van der Waals surface area contributed by atoms with Crippen molar-refractivity contribution >= 4 is 46.4 Å². The monoisotopic (exact) mass is 562 g/mol. The summed E-state index contributed by atoms with van der Waals surface area (Å²) in [5.41, 5.74) is -6.03. The molecule has 0 saturated heterocycles. The standard InChI is InChI=1S/C22H19Cl3F6N2O2/c23-16-6-13(7-17(24)19(16)25)20(35,22(29,30)31)10-33-14-4-3-12(15(8-14)21(26,27)28)9-32-18(34)5-11-1-2-11/h3-4,6-8,11,33,35H,1-2,5,9-10H2,(H,32,34)/t20-/m1/s1. The second-order valence-corrected chi connectivity index (χ2v) is 9.45. The van der Waals surface area contributed by atoms with E-state index in [9.17, 15) is 36.2 Å². The van der Waals surface area contributed by atoms with Gasteiger partial charge >= 0.3 is 12.4 Å². The van der Waals surface area contributed by atoms with E-state index in [0.29, 0.717) is 6.07 Å². The minimum absolute atomic E-state index is 0.218. The lowest BCUT2D eigenvalue weighted by atomic mass is 9.92. The summed E-state index contributed by atoms with van der Waals surface area (Å²) in [5.74, 6) is -0.125. The predicted octanol–water partition coefficient (Wildman–Crippen LogP) is 6.94. The van der Waals surface area contributed by atoms with Gasteiger partial charge in [0.25, 0.3) is 0 Å². The van der Waals surface area contributed by atoms with Crippen LogP contribution in [0.2, 0.25) is 15.1 Å². The second-order valence-electron chi connectivity index (χ2n) is 8.26. The Labute approximate surface area is 211 Å². The lowest BCUT2D eigenvalue weighted by Crippen LogP contribution is -2.47. The second kappa shape index (κ2) is 10.2. The smallest absolute Gasteiger partial charge is 0.381 e. The van der Waals surface area contributed by atoms with Gasteiger partial charge in [-0.1, -0.05) is 40.9 Å². The highest BCUT2D eigenvalue weighted by atomic mass is 35.5. The van der Waals surface area contributed by atoms with Crippen LogP contribution in [0.25, 0.3) is 0 Å². The molecule has 2 aromatic carbocycles. The lowest BCUT2D eigenvalue weighted by molar-refractivity contribution is -0.260. The van der Waals surface area contributed by atoms with E-state index in [1.165, 1.54) is 0 Å². The average Bonchev–Trinajstić information content (AvgIpc) is 3.56. The minimum atomic E-state index is -5.25. The van der Waals surface area contributed by atoms with E-state index < -0.39 is 42.2 Å². The predicted molar refractivity (Wildman–Crippen MR) is 121 cm³/mol. The van der Waals surface area contributed by atoms with Crippen molar-refractivity contribution in [1.29, 1.82) is 0 Å². The summed E-state index contributed by atoms with van der Waals surface area (Å²) < 4.78 is 82.3. The number of anilines is 1. The van der Waals surface area contributed by atoms with Gasteiger partial charge in [0.2, 0.25) is 11.5 Å². The molecule has 4 nitrogen and oxygen atoms in total. The molecule has 2 aromatic rings. The number of nitrogens with one attached hydrogen (secondary N) is 2. The van der Waals surface area contributed by atoms with E-state index in [4.69, 9.17) is 34.8 Å². The normalized spacial score (nSPS) is 16.1. The third kappa shape index (κ3) is 6.67. The molecule has 0 heterocycles. The number of alkyl halides is 6. The molecule has 3 N–H and O–H groups in total. The van der Waals surface area contributed by atoms with E-state index in [-0.39, 0.29) is 44.6 Å². The van der Waals surface area contributed by atoms with E-state index in [2.05, 4.69) is 10.6 Å². The summed E-state index contributed by atoms with van der Waals surface area (Å²) in [6, 6.07) is 4.33. The Morgan fingerprint density at radius 1 is 1.00 bits per heavy atom. The van der Waals surface area contributed by atoms with Crippen LogP contribution in [0.3, 0.4) is 0 Å². The van der Waals surface area contributed by atoms with Gasteiger partial charge in [0, 0.05) is 18.7 Å².